The maximum atomic E-state index is 11.3. The molecule has 0 aliphatic carbocycles. The summed E-state index contributed by atoms with van der Waals surface area (Å²) in [6.45, 7) is 1.91. The first kappa shape index (κ1) is 13.5. The number of aryl methyl sites for hydroxylation is 1. The quantitative estimate of drug-likeness (QED) is 0.635. The Morgan fingerprint density at radius 2 is 2.12 bits per heavy atom. The highest BCUT2D eigenvalue weighted by atomic mass is 79.9. The van der Waals surface area contributed by atoms with E-state index in [-0.39, 0.29) is 10.5 Å². The highest BCUT2D eigenvalue weighted by Gasteiger charge is 2.19. The van der Waals surface area contributed by atoms with Crippen LogP contribution in [0.25, 0.3) is 0 Å². The molecule has 1 aromatic carbocycles. The van der Waals surface area contributed by atoms with E-state index in [2.05, 4.69) is 15.9 Å². The van der Waals surface area contributed by atoms with Gasteiger partial charge in [-0.15, -0.1) is 0 Å². The normalized spacial score (nSPS) is 11.1. The zero-order valence-electron chi connectivity index (χ0n) is 8.50. The molecular formula is C10H9BrClNO2S. The van der Waals surface area contributed by atoms with Gasteiger partial charge >= 0.3 is 0 Å². The summed E-state index contributed by atoms with van der Waals surface area (Å²) < 4.78 is 22.7. The molecule has 0 aromatic heterocycles. The molecule has 0 saturated heterocycles. The smallest absolute Gasteiger partial charge is 0.207 e. The fourth-order valence-corrected chi connectivity index (χ4v) is 2.89. The lowest BCUT2D eigenvalue weighted by Crippen LogP contribution is -2.01. The standard InChI is InChI=1S/C10H9BrClNO2S/c1-2-7-3-8(5-11)9(6-13)10(4-7)16(12,14)15/h3-4H,2,5H2,1H3. The molecular weight excluding hydrogens is 314 g/mol. The largest absolute Gasteiger partial charge is 0.262 e. The van der Waals surface area contributed by atoms with E-state index in [0.29, 0.717) is 17.3 Å². The van der Waals surface area contributed by atoms with E-state index in [1.54, 1.807) is 6.07 Å². The van der Waals surface area contributed by atoms with E-state index >= 15 is 0 Å². The molecule has 1 rings (SSSR count). The lowest BCUT2D eigenvalue weighted by atomic mass is 10.0. The number of hydrogen-bond acceptors (Lipinski definition) is 3. The second kappa shape index (κ2) is 5.17. The van der Waals surface area contributed by atoms with Crippen molar-refractivity contribution in [2.75, 3.05) is 0 Å². The third kappa shape index (κ3) is 2.76. The maximum Gasteiger partial charge on any atom is 0.262 e. The first-order valence-corrected chi connectivity index (χ1v) is 7.93. The highest BCUT2D eigenvalue weighted by Crippen LogP contribution is 2.26. The summed E-state index contributed by atoms with van der Waals surface area (Å²) in [7, 11) is 1.42. The van der Waals surface area contributed by atoms with Crippen LogP contribution in [-0.4, -0.2) is 8.42 Å². The molecule has 0 fully saturated rings. The van der Waals surface area contributed by atoms with Gasteiger partial charge < -0.3 is 0 Å². The van der Waals surface area contributed by atoms with Crippen molar-refractivity contribution in [2.45, 2.75) is 23.6 Å². The van der Waals surface area contributed by atoms with Gasteiger partial charge in [-0.3, -0.25) is 0 Å². The zero-order valence-corrected chi connectivity index (χ0v) is 11.7. The number of halogens is 2. The van der Waals surface area contributed by atoms with E-state index in [4.69, 9.17) is 15.9 Å². The molecule has 1 aromatic rings. The minimum atomic E-state index is -3.88. The van der Waals surface area contributed by atoms with Gasteiger partial charge in [-0.25, -0.2) is 8.42 Å². The zero-order chi connectivity index (χ0) is 12.3. The molecule has 0 spiro atoms. The van der Waals surface area contributed by atoms with Gasteiger partial charge in [0.25, 0.3) is 9.05 Å². The molecule has 3 nitrogen and oxygen atoms in total. The van der Waals surface area contributed by atoms with Crippen molar-refractivity contribution in [1.29, 1.82) is 5.26 Å². The van der Waals surface area contributed by atoms with Crippen LogP contribution in [0.3, 0.4) is 0 Å². The molecule has 0 unspecified atom stereocenters. The molecule has 6 heteroatoms. The molecule has 0 aliphatic heterocycles. The van der Waals surface area contributed by atoms with Crippen molar-refractivity contribution in [3.05, 3.63) is 28.8 Å². The maximum absolute atomic E-state index is 11.3. The predicted octanol–water partition coefficient (Wildman–Crippen LogP) is 2.94. The summed E-state index contributed by atoms with van der Waals surface area (Å²) in [5.74, 6) is 0. The van der Waals surface area contributed by atoms with E-state index in [9.17, 15) is 8.42 Å². The molecule has 0 radical (unpaired) electrons. The van der Waals surface area contributed by atoms with Crippen molar-refractivity contribution < 1.29 is 8.42 Å². The summed E-state index contributed by atoms with van der Waals surface area (Å²) in [5, 5.41) is 9.38. The molecule has 86 valence electrons. The lowest BCUT2D eigenvalue weighted by molar-refractivity contribution is 0.609. The van der Waals surface area contributed by atoms with Gasteiger partial charge in [0.15, 0.2) is 0 Å². The van der Waals surface area contributed by atoms with Crippen LogP contribution in [-0.2, 0) is 20.8 Å². The summed E-state index contributed by atoms with van der Waals surface area (Å²) in [4.78, 5) is -0.106. The lowest BCUT2D eigenvalue weighted by Gasteiger charge is -2.08. The summed E-state index contributed by atoms with van der Waals surface area (Å²) in [5.41, 5.74) is 1.60. The molecule has 0 atom stereocenters. The van der Waals surface area contributed by atoms with Crippen molar-refractivity contribution in [1.82, 2.24) is 0 Å². The van der Waals surface area contributed by atoms with Crippen molar-refractivity contribution >= 4 is 35.7 Å². The molecule has 0 bridgehead atoms. The topological polar surface area (TPSA) is 57.9 Å². The Morgan fingerprint density at radius 1 is 1.50 bits per heavy atom. The van der Waals surface area contributed by atoms with E-state index in [1.807, 2.05) is 13.0 Å². The van der Waals surface area contributed by atoms with Gasteiger partial charge in [-0.05, 0) is 23.6 Å². The summed E-state index contributed by atoms with van der Waals surface area (Å²) in [6, 6.07) is 5.14. The van der Waals surface area contributed by atoms with Gasteiger partial charge in [0.1, 0.15) is 11.0 Å². The fraction of sp³-hybridized carbons (Fsp3) is 0.300. The number of alkyl halides is 1. The van der Waals surface area contributed by atoms with E-state index < -0.39 is 9.05 Å². The Morgan fingerprint density at radius 3 is 2.50 bits per heavy atom. The van der Waals surface area contributed by atoms with Crippen molar-refractivity contribution in [2.24, 2.45) is 0 Å². The van der Waals surface area contributed by atoms with Gasteiger partial charge in [-0.1, -0.05) is 28.9 Å². The Labute approximate surface area is 108 Å². The monoisotopic (exact) mass is 321 g/mol. The minimum Gasteiger partial charge on any atom is -0.207 e. The molecule has 0 saturated carbocycles. The van der Waals surface area contributed by atoms with Gasteiger partial charge in [0, 0.05) is 16.0 Å². The molecule has 0 N–H and O–H groups in total. The van der Waals surface area contributed by atoms with E-state index in [1.165, 1.54) is 6.07 Å². The van der Waals surface area contributed by atoms with Crippen LogP contribution < -0.4 is 0 Å². The fourth-order valence-electron chi connectivity index (χ4n) is 1.37. The predicted molar refractivity (Wildman–Crippen MR) is 66.2 cm³/mol. The Balaban J connectivity index is 3.65. The number of hydrogen-bond donors (Lipinski definition) is 0. The van der Waals surface area contributed by atoms with Gasteiger partial charge in [-0.2, -0.15) is 5.26 Å². The van der Waals surface area contributed by atoms with E-state index in [0.717, 1.165) is 5.56 Å². The number of nitrogens with zero attached hydrogens (tertiary/aromatic N) is 1. The summed E-state index contributed by atoms with van der Waals surface area (Å²) in [6.07, 6.45) is 0.686. The van der Waals surface area contributed by atoms with Crippen LogP contribution in [0.5, 0.6) is 0 Å². The number of nitriles is 1. The number of benzene rings is 1. The van der Waals surface area contributed by atoms with Crippen LogP contribution in [0.1, 0.15) is 23.6 Å². The number of rotatable bonds is 3. The second-order valence-corrected chi connectivity index (χ2v) is 6.26. The van der Waals surface area contributed by atoms with Gasteiger partial charge in [0.05, 0.1) is 5.56 Å². The Bertz CT molecular complexity index is 549. The first-order valence-electron chi connectivity index (χ1n) is 4.50. The van der Waals surface area contributed by atoms with Crippen LogP contribution >= 0.6 is 26.6 Å². The van der Waals surface area contributed by atoms with Crippen molar-refractivity contribution in [3.63, 3.8) is 0 Å². The second-order valence-electron chi connectivity index (χ2n) is 3.16. The average molecular weight is 323 g/mol. The third-order valence-electron chi connectivity index (χ3n) is 2.17. The molecule has 0 aliphatic rings. The third-order valence-corrected chi connectivity index (χ3v) is 4.12. The molecule has 0 amide bonds. The van der Waals surface area contributed by atoms with Crippen LogP contribution in [0.4, 0.5) is 0 Å². The highest BCUT2D eigenvalue weighted by molar-refractivity contribution is 9.08. The van der Waals surface area contributed by atoms with Crippen LogP contribution in [0, 0.1) is 11.3 Å². The first-order chi connectivity index (χ1) is 7.43. The minimum absolute atomic E-state index is 0.106. The SMILES string of the molecule is CCc1cc(CBr)c(C#N)c(S(=O)(=O)Cl)c1. The van der Waals surface area contributed by atoms with Crippen LogP contribution in [0.15, 0.2) is 17.0 Å². The molecule has 16 heavy (non-hydrogen) atoms. The van der Waals surface area contributed by atoms with Crippen molar-refractivity contribution in [3.8, 4) is 6.07 Å². The Kier molecular flexibility index (Phi) is 4.36. The van der Waals surface area contributed by atoms with Gasteiger partial charge in [0.2, 0.25) is 0 Å². The molecule has 0 heterocycles. The average Bonchev–Trinajstić information content (AvgIpc) is 2.25. The Hall–Kier alpha value is -0.570. The van der Waals surface area contributed by atoms with Crippen LogP contribution in [0.2, 0.25) is 0 Å². The summed E-state index contributed by atoms with van der Waals surface area (Å²) >= 11 is 3.22.